The lowest BCUT2D eigenvalue weighted by molar-refractivity contribution is -0.163. The minimum atomic E-state index is -3.60. The molecule has 11 nitrogen and oxygen atoms in total. The minimum Gasteiger partial charge on any atom is -0.469 e. The van der Waals surface area contributed by atoms with E-state index in [0.29, 0.717) is 37.4 Å². The number of carbonyl (C=O) groups excluding carboxylic acids is 2. The number of carbonyl (C=O) groups is 2. The van der Waals surface area contributed by atoms with Crippen molar-refractivity contribution < 1.29 is 41.0 Å². The molecule has 0 aromatic heterocycles. The van der Waals surface area contributed by atoms with Crippen LogP contribution in [0.4, 0.5) is 0 Å². The summed E-state index contributed by atoms with van der Waals surface area (Å²) in [7, 11) is -5.74. The van der Waals surface area contributed by atoms with Crippen LogP contribution in [0.1, 0.15) is 50.7 Å². The van der Waals surface area contributed by atoms with Gasteiger partial charge in [-0.25, -0.2) is 16.8 Å². The maximum atomic E-state index is 12.8. The highest BCUT2D eigenvalue weighted by molar-refractivity contribution is 7.89. The van der Waals surface area contributed by atoms with E-state index in [1.54, 1.807) is 43.3 Å². The molecular formula is C33H46N2O9S2. The number of methoxy groups -OCH3 is 1. The zero-order valence-electron chi connectivity index (χ0n) is 27.2. The number of nitrogens with zero attached hydrogens (tertiary/aromatic N) is 2. The van der Waals surface area contributed by atoms with Crippen molar-refractivity contribution in [3.63, 3.8) is 0 Å². The Morgan fingerprint density at radius 2 is 1.41 bits per heavy atom. The van der Waals surface area contributed by atoms with E-state index in [0.717, 1.165) is 17.5 Å². The van der Waals surface area contributed by atoms with Crippen LogP contribution < -0.4 is 0 Å². The second kappa shape index (κ2) is 14.9. The van der Waals surface area contributed by atoms with E-state index in [1.165, 1.54) is 15.7 Å². The van der Waals surface area contributed by atoms with Gasteiger partial charge in [0.1, 0.15) is 6.10 Å². The molecule has 3 aliphatic heterocycles. The number of aliphatic hydroxyl groups excluding tert-OH is 1. The van der Waals surface area contributed by atoms with Gasteiger partial charge in [0, 0.05) is 50.9 Å². The molecule has 5 unspecified atom stereocenters. The zero-order chi connectivity index (χ0) is 33.8. The smallest absolute Gasteiger partial charge is 0.306 e. The molecule has 254 valence electrons. The van der Waals surface area contributed by atoms with E-state index >= 15 is 0 Å². The van der Waals surface area contributed by atoms with Crippen LogP contribution in [0.2, 0.25) is 0 Å². The number of sulfonamides is 2. The van der Waals surface area contributed by atoms with Crippen LogP contribution in [-0.4, -0.2) is 88.0 Å². The number of cyclic esters (lactones) is 1. The van der Waals surface area contributed by atoms with Crippen LogP contribution in [0.25, 0.3) is 0 Å². The molecule has 0 spiro atoms. The fourth-order valence-electron chi connectivity index (χ4n) is 6.59. The summed E-state index contributed by atoms with van der Waals surface area (Å²) in [6, 6.07) is 13.7. The van der Waals surface area contributed by atoms with Crippen molar-refractivity contribution in [2.24, 2.45) is 23.7 Å². The first kappa shape index (κ1) is 36.0. The maximum Gasteiger partial charge on any atom is 0.306 e. The number of rotatable bonds is 7. The lowest BCUT2D eigenvalue weighted by Gasteiger charge is -2.42. The quantitative estimate of drug-likeness (QED) is 0.435. The zero-order valence-corrected chi connectivity index (χ0v) is 28.8. The Labute approximate surface area is 273 Å². The summed E-state index contributed by atoms with van der Waals surface area (Å²) in [5.41, 5.74) is 2.03. The molecule has 0 aliphatic carbocycles. The van der Waals surface area contributed by atoms with Crippen molar-refractivity contribution in [3.8, 4) is 0 Å². The molecule has 3 saturated heterocycles. The Balaban J connectivity index is 0.000000209. The monoisotopic (exact) mass is 678 g/mol. The van der Waals surface area contributed by atoms with Crippen molar-refractivity contribution >= 4 is 32.0 Å². The van der Waals surface area contributed by atoms with Gasteiger partial charge in [0.25, 0.3) is 0 Å². The molecule has 3 fully saturated rings. The van der Waals surface area contributed by atoms with Gasteiger partial charge in [-0.1, -0.05) is 35.4 Å². The molecule has 3 aliphatic rings. The first-order valence-corrected chi connectivity index (χ1v) is 18.6. The van der Waals surface area contributed by atoms with E-state index in [2.05, 4.69) is 0 Å². The minimum absolute atomic E-state index is 0.0816. The standard InChI is InChI=1S/C17H25NO5S.C16H21NO4S/c1-12-4-6-15(7-5-12)24(21,22)18-9-8-14(10-17(20)23-3)16(11-18)13(2)19;1-11-3-5-14(6-4-11)22(19,20)17-8-7-13-9-16(18)21-12(2)15(13)10-17/h4-7,13-14,16,19H,8-11H2,1-3H3;3-6,12-13,15H,7-10H2,1-2H3/t13-,14?,16?;/m0./s1. The van der Waals surface area contributed by atoms with E-state index in [4.69, 9.17) is 9.47 Å². The Morgan fingerprint density at radius 3 is 1.91 bits per heavy atom. The summed E-state index contributed by atoms with van der Waals surface area (Å²) >= 11 is 0. The lowest BCUT2D eigenvalue weighted by atomic mass is 9.79. The highest BCUT2D eigenvalue weighted by Gasteiger charge is 2.43. The summed E-state index contributed by atoms with van der Waals surface area (Å²) in [6.45, 7) is 8.76. The molecule has 0 amide bonds. The number of hydrogen-bond donors (Lipinski definition) is 1. The third kappa shape index (κ3) is 8.35. The first-order chi connectivity index (χ1) is 21.6. The van der Waals surface area contributed by atoms with Crippen molar-refractivity contribution in [1.82, 2.24) is 8.61 Å². The summed E-state index contributed by atoms with van der Waals surface area (Å²) in [4.78, 5) is 23.6. The van der Waals surface area contributed by atoms with E-state index in [-0.39, 0.29) is 59.6 Å². The molecule has 46 heavy (non-hydrogen) atoms. The normalized spacial score (nSPS) is 26.6. The number of esters is 2. The van der Waals surface area contributed by atoms with Gasteiger partial charge < -0.3 is 14.6 Å². The lowest BCUT2D eigenvalue weighted by Crippen LogP contribution is -2.50. The van der Waals surface area contributed by atoms with Gasteiger partial charge in [-0.05, 0) is 76.6 Å². The van der Waals surface area contributed by atoms with Crippen molar-refractivity contribution in [3.05, 3.63) is 59.7 Å². The fraction of sp³-hybridized carbons (Fsp3) is 0.576. The fourth-order valence-corrected chi connectivity index (χ4v) is 9.58. The summed E-state index contributed by atoms with van der Waals surface area (Å²) in [5, 5.41) is 10.1. The molecule has 0 bridgehead atoms. The van der Waals surface area contributed by atoms with Crippen molar-refractivity contribution in [2.75, 3.05) is 33.3 Å². The number of ether oxygens (including phenoxy) is 2. The third-order valence-corrected chi connectivity index (χ3v) is 13.2. The number of benzene rings is 2. The molecule has 2 aromatic rings. The Morgan fingerprint density at radius 1 is 0.913 bits per heavy atom. The van der Waals surface area contributed by atoms with Crippen molar-refractivity contribution in [2.45, 2.75) is 75.4 Å². The molecule has 6 atom stereocenters. The van der Waals surface area contributed by atoms with E-state index < -0.39 is 26.2 Å². The van der Waals surface area contributed by atoms with Crippen LogP contribution in [0.3, 0.4) is 0 Å². The van der Waals surface area contributed by atoms with E-state index in [9.17, 15) is 31.5 Å². The van der Waals surface area contributed by atoms with Gasteiger partial charge in [-0.15, -0.1) is 0 Å². The van der Waals surface area contributed by atoms with Crippen molar-refractivity contribution in [1.29, 1.82) is 0 Å². The van der Waals surface area contributed by atoms with Gasteiger partial charge >= 0.3 is 11.9 Å². The highest BCUT2D eigenvalue weighted by atomic mass is 32.2. The van der Waals surface area contributed by atoms with E-state index in [1.807, 2.05) is 32.9 Å². The molecule has 1 N–H and O–H groups in total. The van der Waals surface area contributed by atoms with Crippen LogP contribution in [0.5, 0.6) is 0 Å². The highest BCUT2D eigenvalue weighted by Crippen LogP contribution is 2.36. The molecule has 2 aromatic carbocycles. The van der Waals surface area contributed by atoms with Gasteiger partial charge in [0.15, 0.2) is 0 Å². The van der Waals surface area contributed by atoms with Crippen LogP contribution in [0, 0.1) is 37.5 Å². The summed E-state index contributed by atoms with van der Waals surface area (Å²) in [5.74, 6) is -0.545. The second-order valence-electron chi connectivity index (χ2n) is 12.7. The number of aliphatic hydroxyl groups is 1. The number of fused-ring (bicyclic) bond motifs is 1. The molecule has 0 saturated carbocycles. The summed E-state index contributed by atoms with van der Waals surface area (Å²) < 4.78 is 64.1. The molecule has 5 rings (SSSR count). The Kier molecular flexibility index (Phi) is 11.7. The number of aryl methyl sites for hydroxylation is 2. The van der Waals surface area contributed by atoms with Gasteiger partial charge in [-0.2, -0.15) is 8.61 Å². The molecule has 0 radical (unpaired) electrons. The second-order valence-corrected chi connectivity index (χ2v) is 16.6. The SMILES string of the molecule is COC(=O)CC1CCN(S(=O)(=O)c2ccc(C)cc2)CC1[C@H](C)O.Cc1ccc(S(=O)(=O)N2CCC3CC(=O)OC(C)C3C2)cc1. The van der Waals surface area contributed by atoms with Crippen LogP contribution >= 0.6 is 0 Å². The Hall–Kier alpha value is -2.84. The van der Waals surface area contributed by atoms with Gasteiger partial charge in [0.05, 0.1) is 23.0 Å². The largest absolute Gasteiger partial charge is 0.469 e. The van der Waals surface area contributed by atoms with Gasteiger partial charge in [0.2, 0.25) is 20.0 Å². The number of piperidine rings is 2. The predicted octanol–water partition coefficient (Wildman–Crippen LogP) is 3.52. The maximum absolute atomic E-state index is 12.8. The third-order valence-electron chi connectivity index (χ3n) is 9.48. The average Bonchev–Trinajstić information content (AvgIpc) is 3.01. The molecule has 13 heteroatoms. The predicted molar refractivity (Wildman–Crippen MR) is 172 cm³/mol. The number of hydrogen-bond acceptors (Lipinski definition) is 9. The first-order valence-electron chi connectivity index (χ1n) is 15.7. The summed E-state index contributed by atoms with van der Waals surface area (Å²) in [6.07, 6.45) is 0.931. The van der Waals surface area contributed by atoms with Crippen LogP contribution in [0.15, 0.2) is 58.3 Å². The average molecular weight is 679 g/mol. The topological polar surface area (TPSA) is 148 Å². The van der Waals surface area contributed by atoms with Crippen LogP contribution in [-0.2, 0) is 39.1 Å². The molecule has 3 heterocycles. The molecular weight excluding hydrogens is 633 g/mol. The Bertz CT molecular complexity index is 1580. The van der Waals surface area contributed by atoms with Gasteiger partial charge in [-0.3, -0.25) is 9.59 Å².